The fourth-order valence-electron chi connectivity index (χ4n) is 1.57. The first kappa shape index (κ1) is 11.7. The SMILES string of the molecule is C#CCCCNC(=O)c1cc2ccccc2s1. The number of thiophene rings is 1. The molecule has 0 unspecified atom stereocenters. The number of carbonyl (C=O) groups excluding carboxylic acids is 1. The van der Waals surface area contributed by atoms with E-state index in [0.29, 0.717) is 13.0 Å². The van der Waals surface area contributed by atoms with E-state index in [1.54, 1.807) is 0 Å². The van der Waals surface area contributed by atoms with Gasteiger partial charge in [-0.05, 0) is 23.9 Å². The van der Waals surface area contributed by atoms with Crippen LogP contribution in [-0.2, 0) is 0 Å². The molecule has 0 spiro atoms. The summed E-state index contributed by atoms with van der Waals surface area (Å²) in [5.74, 6) is 2.54. The van der Waals surface area contributed by atoms with Gasteiger partial charge in [-0.25, -0.2) is 0 Å². The predicted molar refractivity (Wildman–Crippen MR) is 72.2 cm³/mol. The van der Waals surface area contributed by atoms with Crippen LogP contribution in [-0.4, -0.2) is 12.5 Å². The molecule has 1 aromatic heterocycles. The van der Waals surface area contributed by atoms with Crippen molar-refractivity contribution in [1.29, 1.82) is 0 Å². The van der Waals surface area contributed by atoms with Gasteiger partial charge in [0.15, 0.2) is 0 Å². The molecule has 1 heterocycles. The third-order valence-corrected chi connectivity index (χ3v) is 3.55. The van der Waals surface area contributed by atoms with E-state index in [1.165, 1.54) is 11.3 Å². The lowest BCUT2D eigenvalue weighted by Crippen LogP contribution is -2.23. The highest BCUT2D eigenvalue weighted by Gasteiger charge is 2.08. The van der Waals surface area contributed by atoms with Crippen LogP contribution < -0.4 is 5.32 Å². The second-order valence-electron chi connectivity index (χ2n) is 3.71. The molecule has 17 heavy (non-hydrogen) atoms. The zero-order valence-corrected chi connectivity index (χ0v) is 10.2. The van der Waals surface area contributed by atoms with E-state index in [1.807, 2.05) is 30.3 Å². The highest BCUT2D eigenvalue weighted by Crippen LogP contribution is 2.24. The number of nitrogens with one attached hydrogen (secondary N) is 1. The van der Waals surface area contributed by atoms with Crippen molar-refractivity contribution >= 4 is 27.3 Å². The van der Waals surface area contributed by atoms with Crippen molar-refractivity contribution in [2.24, 2.45) is 0 Å². The number of unbranched alkanes of at least 4 members (excludes halogenated alkanes) is 1. The molecule has 0 saturated carbocycles. The maximum Gasteiger partial charge on any atom is 0.261 e. The first-order valence-corrected chi connectivity index (χ1v) is 6.33. The van der Waals surface area contributed by atoms with Crippen LogP contribution in [0, 0.1) is 12.3 Å². The Hall–Kier alpha value is -1.79. The largest absolute Gasteiger partial charge is 0.351 e. The van der Waals surface area contributed by atoms with Gasteiger partial charge in [0.25, 0.3) is 5.91 Å². The van der Waals surface area contributed by atoms with Gasteiger partial charge >= 0.3 is 0 Å². The van der Waals surface area contributed by atoms with E-state index in [4.69, 9.17) is 6.42 Å². The first-order chi connectivity index (χ1) is 8.31. The molecule has 0 aliphatic heterocycles. The number of terminal acetylenes is 1. The van der Waals surface area contributed by atoms with Crippen molar-refractivity contribution in [3.05, 3.63) is 35.2 Å². The third-order valence-electron chi connectivity index (χ3n) is 2.43. The van der Waals surface area contributed by atoms with Crippen LogP contribution in [0.3, 0.4) is 0 Å². The average Bonchev–Trinajstić information content (AvgIpc) is 2.78. The van der Waals surface area contributed by atoms with Gasteiger partial charge in [-0.1, -0.05) is 18.2 Å². The molecule has 0 saturated heterocycles. The van der Waals surface area contributed by atoms with Gasteiger partial charge < -0.3 is 5.32 Å². The van der Waals surface area contributed by atoms with Crippen LogP contribution in [0.2, 0.25) is 0 Å². The summed E-state index contributed by atoms with van der Waals surface area (Å²) in [5, 5.41) is 3.99. The molecule has 2 rings (SSSR count). The monoisotopic (exact) mass is 243 g/mol. The Morgan fingerprint density at radius 1 is 1.41 bits per heavy atom. The summed E-state index contributed by atoms with van der Waals surface area (Å²) in [6.45, 7) is 0.636. The van der Waals surface area contributed by atoms with E-state index >= 15 is 0 Å². The van der Waals surface area contributed by atoms with Gasteiger partial charge in [0.1, 0.15) is 0 Å². The molecule has 86 valence electrons. The molecule has 0 bridgehead atoms. The molecule has 1 N–H and O–H groups in total. The van der Waals surface area contributed by atoms with E-state index in [9.17, 15) is 4.79 Å². The molecule has 0 aliphatic rings. The van der Waals surface area contributed by atoms with Crippen molar-refractivity contribution < 1.29 is 4.79 Å². The molecular formula is C14H13NOS. The maximum absolute atomic E-state index is 11.8. The van der Waals surface area contributed by atoms with Gasteiger partial charge in [-0.2, -0.15) is 0 Å². The lowest BCUT2D eigenvalue weighted by molar-refractivity contribution is 0.0957. The smallest absolute Gasteiger partial charge is 0.261 e. The fourth-order valence-corrected chi connectivity index (χ4v) is 2.55. The summed E-state index contributed by atoms with van der Waals surface area (Å²) in [5.41, 5.74) is 0. The Morgan fingerprint density at radius 3 is 3.00 bits per heavy atom. The van der Waals surface area contributed by atoms with E-state index in [2.05, 4.69) is 11.2 Å². The van der Waals surface area contributed by atoms with Gasteiger partial charge in [0.2, 0.25) is 0 Å². The van der Waals surface area contributed by atoms with E-state index in [0.717, 1.165) is 21.4 Å². The van der Waals surface area contributed by atoms with Gasteiger partial charge in [0.05, 0.1) is 4.88 Å². The second kappa shape index (κ2) is 5.51. The lowest BCUT2D eigenvalue weighted by atomic mass is 10.2. The molecule has 0 aliphatic carbocycles. The number of hydrogen-bond donors (Lipinski definition) is 1. The second-order valence-corrected chi connectivity index (χ2v) is 4.80. The summed E-state index contributed by atoms with van der Waals surface area (Å²) in [4.78, 5) is 12.6. The number of hydrogen-bond acceptors (Lipinski definition) is 2. The Morgan fingerprint density at radius 2 is 2.24 bits per heavy atom. The van der Waals surface area contributed by atoms with Crippen molar-refractivity contribution in [3.8, 4) is 12.3 Å². The van der Waals surface area contributed by atoms with Crippen molar-refractivity contribution in [2.45, 2.75) is 12.8 Å². The van der Waals surface area contributed by atoms with Crippen molar-refractivity contribution in [1.82, 2.24) is 5.32 Å². The number of benzene rings is 1. The molecular weight excluding hydrogens is 230 g/mol. The van der Waals surface area contributed by atoms with Crippen LogP contribution in [0.5, 0.6) is 0 Å². The molecule has 2 aromatic rings. The van der Waals surface area contributed by atoms with Crippen molar-refractivity contribution in [2.75, 3.05) is 6.54 Å². The molecule has 0 fully saturated rings. The Kier molecular flexibility index (Phi) is 3.79. The van der Waals surface area contributed by atoms with Crippen molar-refractivity contribution in [3.63, 3.8) is 0 Å². The number of fused-ring (bicyclic) bond motifs is 1. The predicted octanol–water partition coefficient (Wildman–Crippen LogP) is 3.04. The zero-order valence-electron chi connectivity index (χ0n) is 9.40. The molecule has 0 radical (unpaired) electrons. The van der Waals surface area contributed by atoms with Gasteiger partial charge in [0, 0.05) is 17.7 Å². The standard InChI is InChI=1S/C14H13NOS/c1-2-3-6-9-15-14(16)13-10-11-7-4-5-8-12(11)17-13/h1,4-5,7-8,10H,3,6,9H2,(H,15,16). The molecule has 2 nitrogen and oxygen atoms in total. The quantitative estimate of drug-likeness (QED) is 0.649. The van der Waals surface area contributed by atoms with Gasteiger partial charge in [-0.15, -0.1) is 23.7 Å². The molecule has 1 aromatic carbocycles. The highest BCUT2D eigenvalue weighted by molar-refractivity contribution is 7.20. The summed E-state index contributed by atoms with van der Waals surface area (Å²) in [6, 6.07) is 9.92. The van der Waals surface area contributed by atoms with Crippen LogP contribution >= 0.6 is 11.3 Å². The van der Waals surface area contributed by atoms with E-state index in [-0.39, 0.29) is 5.91 Å². The fraction of sp³-hybridized carbons (Fsp3) is 0.214. The lowest BCUT2D eigenvalue weighted by Gasteiger charge is -2.00. The minimum atomic E-state index is -0.0109. The number of amides is 1. The summed E-state index contributed by atoms with van der Waals surface area (Å²) < 4.78 is 1.14. The summed E-state index contributed by atoms with van der Waals surface area (Å²) in [6.07, 6.45) is 6.67. The average molecular weight is 243 g/mol. The Labute approximate surface area is 105 Å². The van der Waals surface area contributed by atoms with Crippen LogP contribution in [0.1, 0.15) is 22.5 Å². The van der Waals surface area contributed by atoms with Crippen LogP contribution in [0.4, 0.5) is 0 Å². The highest BCUT2D eigenvalue weighted by atomic mass is 32.1. The van der Waals surface area contributed by atoms with E-state index < -0.39 is 0 Å². The topological polar surface area (TPSA) is 29.1 Å². The summed E-state index contributed by atoms with van der Waals surface area (Å²) >= 11 is 1.52. The molecule has 0 atom stereocenters. The number of rotatable bonds is 4. The maximum atomic E-state index is 11.8. The number of carbonyl (C=O) groups is 1. The normalized spacial score (nSPS) is 10.1. The zero-order chi connectivity index (χ0) is 12.1. The first-order valence-electron chi connectivity index (χ1n) is 5.51. The van der Waals surface area contributed by atoms with Crippen LogP contribution in [0.15, 0.2) is 30.3 Å². The minimum Gasteiger partial charge on any atom is -0.351 e. The Balaban J connectivity index is 2.02. The third kappa shape index (κ3) is 2.86. The Bertz CT molecular complexity index is 532. The summed E-state index contributed by atoms with van der Waals surface area (Å²) in [7, 11) is 0. The van der Waals surface area contributed by atoms with Gasteiger partial charge in [-0.3, -0.25) is 4.79 Å². The van der Waals surface area contributed by atoms with Crippen LogP contribution in [0.25, 0.3) is 10.1 Å². The molecule has 3 heteroatoms. The molecule has 1 amide bonds. The minimum absolute atomic E-state index is 0.0109.